The number of benzene rings is 1. The fourth-order valence-corrected chi connectivity index (χ4v) is 3.01. The van der Waals surface area contributed by atoms with E-state index >= 15 is 0 Å². The molecule has 1 aliphatic heterocycles. The third-order valence-electron chi connectivity index (χ3n) is 3.97. The van der Waals surface area contributed by atoms with Gasteiger partial charge in [0.2, 0.25) is 0 Å². The molecule has 1 aliphatic rings. The Morgan fingerprint density at radius 1 is 1.32 bits per heavy atom. The van der Waals surface area contributed by atoms with Crippen LogP contribution in [0.25, 0.3) is 0 Å². The second-order valence-corrected chi connectivity index (χ2v) is 6.25. The van der Waals surface area contributed by atoms with Gasteiger partial charge in [-0.1, -0.05) is 56.8 Å². The Morgan fingerprint density at radius 2 is 2.00 bits per heavy atom. The third-order valence-corrected chi connectivity index (χ3v) is 4.25. The molecule has 0 bridgehead atoms. The predicted octanol–water partition coefficient (Wildman–Crippen LogP) is 3.45. The van der Waals surface area contributed by atoms with Gasteiger partial charge in [0.05, 0.1) is 11.0 Å². The van der Waals surface area contributed by atoms with Gasteiger partial charge in [-0.15, -0.1) is 0 Å². The normalized spacial score (nSPS) is 20.7. The zero-order chi connectivity index (χ0) is 13.8. The lowest BCUT2D eigenvalue weighted by Gasteiger charge is -2.35. The summed E-state index contributed by atoms with van der Waals surface area (Å²) in [6.45, 7) is 6.51. The maximum atomic E-state index is 5.86. The van der Waals surface area contributed by atoms with Crippen LogP contribution in [0, 0.1) is 0 Å². The quantitative estimate of drug-likeness (QED) is 0.854. The van der Waals surface area contributed by atoms with E-state index in [1.165, 1.54) is 24.0 Å². The second-order valence-electron chi connectivity index (χ2n) is 5.78. The van der Waals surface area contributed by atoms with Gasteiger partial charge in [-0.3, -0.25) is 4.90 Å². The lowest BCUT2D eigenvalue weighted by atomic mass is 9.99. The third kappa shape index (κ3) is 3.77. The maximum absolute atomic E-state index is 5.86. The van der Waals surface area contributed by atoms with E-state index in [0.717, 1.165) is 19.5 Å². The first-order valence-corrected chi connectivity index (χ1v) is 7.61. The molecule has 1 fully saturated rings. The van der Waals surface area contributed by atoms with Gasteiger partial charge in [0.15, 0.2) is 0 Å². The van der Waals surface area contributed by atoms with E-state index in [4.69, 9.17) is 18.0 Å². The molecule has 0 spiro atoms. The highest BCUT2D eigenvalue weighted by Crippen LogP contribution is 2.21. The SMILES string of the molecule is CC(C)c1ccc(CN2CCCCC2C(N)=S)cc1. The van der Waals surface area contributed by atoms with Gasteiger partial charge in [0.1, 0.15) is 0 Å². The van der Waals surface area contributed by atoms with E-state index in [-0.39, 0.29) is 6.04 Å². The summed E-state index contributed by atoms with van der Waals surface area (Å²) >= 11 is 5.20. The molecule has 104 valence electrons. The van der Waals surface area contributed by atoms with Crippen molar-refractivity contribution in [2.75, 3.05) is 6.54 Å². The fraction of sp³-hybridized carbons (Fsp3) is 0.562. The highest BCUT2D eigenvalue weighted by atomic mass is 32.1. The Bertz CT molecular complexity index is 425. The molecular formula is C16H24N2S. The van der Waals surface area contributed by atoms with Crippen molar-refractivity contribution in [2.24, 2.45) is 5.73 Å². The van der Waals surface area contributed by atoms with Crippen LogP contribution in [-0.4, -0.2) is 22.5 Å². The number of thiocarbonyl (C=S) groups is 1. The van der Waals surface area contributed by atoms with E-state index in [1.54, 1.807) is 0 Å². The summed E-state index contributed by atoms with van der Waals surface area (Å²) in [5, 5.41) is 0. The summed E-state index contributed by atoms with van der Waals surface area (Å²) in [7, 11) is 0. The smallest absolute Gasteiger partial charge is 0.0902 e. The van der Waals surface area contributed by atoms with Crippen molar-refractivity contribution in [1.82, 2.24) is 4.90 Å². The minimum Gasteiger partial charge on any atom is -0.392 e. The molecule has 1 saturated heterocycles. The Hall–Kier alpha value is -0.930. The van der Waals surface area contributed by atoms with E-state index in [0.29, 0.717) is 10.9 Å². The van der Waals surface area contributed by atoms with Gasteiger partial charge in [-0.05, 0) is 36.4 Å². The van der Waals surface area contributed by atoms with Crippen molar-refractivity contribution in [3.05, 3.63) is 35.4 Å². The number of nitrogens with two attached hydrogens (primary N) is 1. The summed E-state index contributed by atoms with van der Waals surface area (Å²) in [5.74, 6) is 0.591. The molecule has 0 aromatic heterocycles. The van der Waals surface area contributed by atoms with Gasteiger partial charge in [0.25, 0.3) is 0 Å². The van der Waals surface area contributed by atoms with Gasteiger partial charge < -0.3 is 5.73 Å². The molecule has 0 saturated carbocycles. The van der Waals surface area contributed by atoms with E-state index < -0.39 is 0 Å². The molecular weight excluding hydrogens is 252 g/mol. The van der Waals surface area contributed by atoms with Crippen LogP contribution in [-0.2, 0) is 6.54 Å². The van der Waals surface area contributed by atoms with Crippen molar-refractivity contribution < 1.29 is 0 Å². The minimum atomic E-state index is 0.286. The molecule has 2 N–H and O–H groups in total. The lowest BCUT2D eigenvalue weighted by Crippen LogP contribution is -2.46. The number of hydrogen-bond acceptors (Lipinski definition) is 2. The van der Waals surface area contributed by atoms with Crippen LogP contribution in [0.1, 0.15) is 50.2 Å². The van der Waals surface area contributed by atoms with E-state index in [1.807, 2.05) is 0 Å². The number of piperidine rings is 1. The second kappa shape index (κ2) is 6.49. The van der Waals surface area contributed by atoms with Gasteiger partial charge in [-0.25, -0.2) is 0 Å². The fourth-order valence-electron chi connectivity index (χ4n) is 2.74. The minimum absolute atomic E-state index is 0.286. The summed E-state index contributed by atoms with van der Waals surface area (Å²) in [4.78, 5) is 3.08. The Kier molecular flexibility index (Phi) is 4.94. The standard InChI is InChI=1S/C16H24N2S/c1-12(2)14-8-6-13(7-9-14)11-18-10-4-3-5-15(18)16(17)19/h6-9,12,15H,3-5,10-11H2,1-2H3,(H2,17,19). The highest BCUT2D eigenvalue weighted by molar-refractivity contribution is 7.80. The molecule has 1 heterocycles. The van der Waals surface area contributed by atoms with Crippen LogP contribution in [0.4, 0.5) is 0 Å². The van der Waals surface area contributed by atoms with Crippen LogP contribution in [0.3, 0.4) is 0 Å². The maximum Gasteiger partial charge on any atom is 0.0902 e. The number of nitrogens with zero attached hydrogens (tertiary/aromatic N) is 1. The van der Waals surface area contributed by atoms with Crippen molar-refractivity contribution in [1.29, 1.82) is 0 Å². The average molecular weight is 276 g/mol. The number of hydrogen-bond donors (Lipinski definition) is 1. The first-order valence-electron chi connectivity index (χ1n) is 7.20. The first kappa shape index (κ1) is 14.5. The molecule has 1 atom stereocenters. The van der Waals surface area contributed by atoms with Crippen LogP contribution in [0.15, 0.2) is 24.3 Å². The molecule has 19 heavy (non-hydrogen) atoms. The van der Waals surface area contributed by atoms with Crippen molar-refractivity contribution in [3.63, 3.8) is 0 Å². The summed E-state index contributed by atoms with van der Waals surface area (Å²) in [6.07, 6.45) is 3.60. The summed E-state index contributed by atoms with van der Waals surface area (Å²) in [5.41, 5.74) is 8.62. The van der Waals surface area contributed by atoms with E-state index in [2.05, 4.69) is 43.0 Å². The molecule has 1 aromatic carbocycles. The summed E-state index contributed by atoms with van der Waals surface area (Å²) < 4.78 is 0. The van der Waals surface area contributed by atoms with Crippen LogP contribution in [0.2, 0.25) is 0 Å². The molecule has 3 heteroatoms. The monoisotopic (exact) mass is 276 g/mol. The molecule has 2 nitrogen and oxygen atoms in total. The van der Waals surface area contributed by atoms with Gasteiger partial charge in [0, 0.05) is 6.54 Å². The van der Waals surface area contributed by atoms with E-state index in [9.17, 15) is 0 Å². The van der Waals surface area contributed by atoms with Crippen molar-refractivity contribution in [3.8, 4) is 0 Å². The lowest BCUT2D eigenvalue weighted by molar-refractivity contribution is 0.184. The van der Waals surface area contributed by atoms with Gasteiger partial charge in [-0.2, -0.15) is 0 Å². The first-order chi connectivity index (χ1) is 9.08. The largest absolute Gasteiger partial charge is 0.392 e. The highest BCUT2D eigenvalue weighted by Gasteiger charge is 2.24. The Balaban J connectivity index is 2.04. The topological polar surface area (TPSA) is 29.3 Å². The molecule has 0 radical (unpaired) electrons. The zero-order valence-corrected chi connectivity index (χ0v) is 12.7. The van der Waals surface area contributed by atoms with Crippen LogP contribution >= 0.6 is 12.2 Å². The van der Waals surface area contributed by atoms with Crippen molar-refractivity contribution in [2.45, 2.75) is 51.6 Å². The molecule has 0 aliphatic carbocycles. The Labute approximate surface area is 122 Å². The average Bonchev–Trinajstić information content (AvgIpc) is 2.39. The molecule has 0 amide bonds. The molecule has 1 aromatic rings. The van der Waals surface area contributed by atoms with Crippen molar-refractivity contribution >= 4 is 17.2 Å². The Morgan fingerprint density at radius 3 is 2.58 bits per heavy atom. The molecule has 1 unspecified atom stereocenters. The summed E-state index contributed by atoms with van der Waals surface area (Å²) in [6, 6.07) is 9.23. The predicted molar refractivity (Wildman–Crippen MR) is 85.4 cm³/mol. The molecule has 2 rings (SSSR count). The van der Waals surface area contributed by atoms with Crippen LogP contribution < -0.4 is 5.73 Å². The van der Waals surface area contributed by atoms with Crippen LogP contribution in [0.5, 0.6) is 0 Å². The zero-order valence-electron chi connectivity index (χ0n) is 11.9. The number of likely N-dealkylation sites (tertiary alicyclic amines) is 1. The van der Waals surface area contributed by atoms with Gasteiger partial charge >= 0.3 is 0 Å². The number of rotatable bonds is 4.